The molecule has 2 rings (SSSR count). The minimum Gasteiger partial charge on any atom is -0.0677 e. The Morgan fingerprint density at radius 2 is 1.09 bits per heavy atom. The lowest BCUT2D eigenvalue weighted by Gasteiger charge is -2.40. The molecule has 2 aromatic carbocycles. The summed E-state index contributed by atoms with van der Waals surface area (Å²) in [5.74, 6) is 0. The Kier molecular flexibility index (Phi) is 6.41. The first-order chi connectivity index (χ1) is 10.7. The molecular weight excluding hydrogens is 299 g/mol. The van der Waals surface area contributed by atoms with Gasteiger partial charge in [-0.05, 0) is 23.8 Å². The Labute approximate surface area is 138 Å². The molecule has 1 unspecified atom stereocenters. The molecule has 0 N–H and O–H groups in total. The van der Waals surface area contributed by atoms with Gasteiger partial charge in [-0.25, -0.2) is 0 Å². The quantitative estimate of drug-likeness (QED) is 0.461. The van der Waals surface area contributed by atoms with Crippen LogP contribution in [0.15, 0.2) is 60.7 Å². The first kappa shape index (κ1) is 17.4. The summed E-state index contributed by atoms with van der Waals surface area (Å²) in [6.07, 6.45) is 0. The van der Waals surface area contributed by atoms with E-state index in [9.17, 15) is 0 Å². The topological polar surface area (TPSA) is 0 Å². The molecule has 2 aromatic rings. The van der Waals surface area contributed by atoms with Gasteiger partial charge in [0.05, 0.1) is 8.07 Å². The molecule has 0 saturated carbocycles. The molecule has 22 heavy (non-hydrogen) atoms. The van der Waals surface area contributed by atoms with Gasteiger partial charge in [-0.15, -0.1) is 0 Å². The van der Waals surface area contributed by atoms with Crippen LogP contribution in [0.25, 0.3) is 0 Å². The van der Waals surface area contributed by atoms with E-state index in [1.807, 2.05) is 0 Å². The van der Waals surface area contributed by atoms with Gasteiger partial charge in [-0.3, -0.25) is 0 Å². The summed E-state index contributed by atoms with van der Waals surface area (Å²) < 4.78 is 0. The molecule has 118 valence electrons. The number of benzene rings is 2. The largest absolute Gasteiger partial charge is 0.0677 e. The van der Waals surface area contributed by atoms with Crippen molar-refractivity contribution in [3.63, 3.8) is 0 Å². The van der Waals surface area contributed by atoms with Gasteiger partial charge >= 0.3 is 0 Å². The smallest absolute Gasteiger partial charge is 0.0607 e. The van der Waals surface area contributed by atoms with Crippen molar-refractivity contribution in [1.82, 2.24) is 0 Å². The maximum Gasteiger partial charge on any atom is 0.0607 e. The standard InChI is InChI=1S/C20H29PSi/c1-5-22(6-2,7-3)18(4)21(19-14-10-8-11-15-19)20-16-12-9-13-17-20/h8-18H,5-7H2,1-4H3. The van der Waals surface area contributed by atoms with Crippen LogP contribution in [0, 0.1) is 0 Å². The predicted octanol–water partition coefficient (Wildman–Crippen LogP) is 5.56. The molecule has 0 aliphatic rings. The van der Waals surface area contributed by atoms with Crippen molar-refractivity contribution < 1.29 is 0 Å². The van der Waals surface area contributed by atoms with Crippen LogP contribution in [0.4, 0.5) is 0 Å². The highest BCUT2D eigenvalue weighted by Crippen LogP contribution is 2.47. The minimum absolute atomic E-state index is 0.256. The molecule has 1 atom stereocenters. The van der Waals surface area contributed by atoms with Crippen LogP contribution < -0.4 is 10.6 Å². The molecule has 0 fully saturated rings. The van der Waals surface area contributed by atoms with Gasteiger partial charge < -0.3 is 0 Å². The van der Waals surface area contributed by atoms with Crippen LogP contribution in [0.3, 0.4) is 0 Å². The Morgan fingerprint density at radius 1 is 0.727 bits per heavy atom. The minimum atomic E-state index is -1.22. The summed E-state index contributed by atoms with van der Waals surface area (Å²) in [4.78, 5) is 0. The second-order valence-electron chi connectivity index (χ2n) is 6.14. The fraction of sp³-hybridized carbons (Fsp3) is 0.400. The van der Waals surface area contributed by atoms with Crippen LogP contribution in [-0.4, -0.2) is 13.4 Å². The Hall–Kier alpha value is -0.913. The molecule has 0 amide bonds. The Balaban J connectivity index is 2.49. The molecular formula is C20H29PSi. The van der Waals surface area contributed by atoms with Crippen LogP contribution in [0.5, 0.6) is 0 Å². The SMILES string of the molecule is CC[Si](CC)(CC)C(C)P(c1ccccc1)c1ccccc1. The van der Waals surface area contributed by atoms with Gasteiger partial charge in [0.1, 0.15) is 0 Å². The summed E-state index contributed by atoms with van der Waals surface area (Å²) in [6.45, 7) is 9.84. The van der Waals surface area contributed by atoms with Gasteiger partial charge in [0.15, 0.2) is 0 Å². The normalized spacial score (nSPS) is 13.3. The van der Waals surface area contributed by atoms with E-state index in [-0.39, 0.29) is 7.92 Å². The molecule has 0 radical (unpaired) electrons. The molecule has 0 saturated heterocycles. The highest BCUT2D eigenvalue weighted by atomic mass is 31.1. The van der Waals surface area contributed by atoms with Crippen molar-refractivity contribution in [1.29, 1.82) is 0 Å². The fourth-order valence-corrected chi connectivity index (χ4v) is 13.9. The van der Waals surface area contributed by atoms with Crippen molar-refractivity contribution >= 4 is 26.6 Å². The first-order valence-electron chi connectivity index (χ1n) is 8.57. The van der Waals surface area contributed by atoms with Crippen molar-refractivity contribution in [2.45, 2.75) is 51.1 Å². The van der Waals surface area contributed by atoms with Crippen LogP contribution in [-0.2, 0) is 0 Å². The Morgan fingerprint density at radius 3 is 1.41 bits per heavy atom. The molecule has 0 bridgehead atoms. The third-order valence-electron chi connectivity index (χ3n) is 5.45. The second kappa shape index (κ2) is 8.08. The van der Waals surface area contributed by atoms with E-state index < -0.39 is 8.07 Å². The van der Waals surface area contributed by atoms with E-state index in [1.165, 1.54) is 18.1 Å². The Bertz CT molecular complexity index is 501. The van der Waals surface area contributed by atoms with Crippen molar-refractivity contribution in [3.05, 3.63) is 60.7 Å². The molecule has 0 nitrogen and oxygen atoms in total. The maximum atomic E-state index is 2.55. The van der Waals surface area contributed by atoms with Gasteiger partial charge in [0, 0.05) is 0 Å². The van der Waals surface area contributed by atoms with Gasteiger partial charge in [0.2, 0.25) is 0 Å². The molecule has 0 aromatic heterocycles. The third kappa shape index (κ3) is 3.53. The van der Waals surface area contributed by atoms with E-state index in [4.69, 9.17) is 0 Å². The summed E-state index contributed by atoms with van der Waals surface area (Å²) in [6, 6.07) is 26.7. The third-order valence-corrected chi connectivity index (χ3v) is 16.4. The van der Waals surface area contributed by atoms with Crippen LogP contribution in [0.2, 0.25) is 18.1 Å². The van der Waals surface area contributed by atoms with E-state index in [2.05, 4.69) is 88.4 Å². The summed E-state index contributed by atoms with van der Waals surface area (Å²) >= 11 is 0. The van der Waals surface area contributed by atoms with Crippen LogP contribution >= 0.6 is 7.92 Å². The molecule has 0 aliphatic carbocycles. The molecule has 0 spiro atoms. The summed E-state index contributed by atoms with van der Waals surface area (Å²) in [5, 5.41) is 3.92. The van der Waals surface area contributed by atoms with E-state index in [0.29, 0.717) is 0 Å². The molecule has 0 heterocycles. The number of hydrogen-bond donors (Lipinski definition) is 0. The summed E-state index contributed by atoms with van der Waals surface area (Å²) in [5.41, 5.74) is 0. The second-order valence-corrected chi connectivity index (χ2v) is 14.9. The van der Waals surface area contributed by atoms with Crippen molar-refractivity contribution in [2.75, 3.05) is 0 Å². The highest BCUT2D eigenvalue weighted by molar-refractivity contribution is 7.75. The molecule has 2 heteroatoms. The lowest BCUT2D eigenvalue weighted by Crippen LogP contribution is -2.45. The monoisotopic (exact) mass is 328 g/mol. The maximum absolute atomic E-state index is 2.55. The highest BCUT2D eigenvalue weighted by Gasteiger charge is 2.38. The van der Waals surface area contributed by atoms with Gasteiger partial charge in [-0.2, -0.15) is 0 Å². The van der Waals surface area contributed by atoms with Gasteiger partial charge in [0.25, 0.3) is 0 Å². The molecule has 0 aliphatic heterocycles. The zero-order valence-electron chi connectivity index (χ0n) is 14.4. The lowest BCUT2D eigenvalue weighted by atomic mass is 10.4. The zero-order valence-corrected chi connectivity index (χ0v) is 16.3. The predicted molar refractivity (Wildman–Crippen MR) is 106 cm³/mol. The lowest BCUT2D eigenvalue weighted by molar-refractivity contribution is 1.09. The number of hydrogen-bond acceptors (Lipinski definition) is 0. The van der Waals surface area contributed by atoms with E-state index in [1.54, 1.807) is 10.6 Å². The first-order valence-corrected chi connectivity index (χ1v) is 12.7. The van der Waals surface area contributed by atoms with Crippen molar-refractivity contribution in [3.8, 4) is 0 Å². The number of rotatable bonds is 7. The zero-order chi connectivity index (χ0) is 16.0. The fourth-order valence-electron chi connectivity index (χ4n) is 3.68. The van der Waals surface area contributed by atoms with Crippen LogP contribution in [0.1, 0.15) is 27.7 Å². The van der Waals surface area contributed by atoms with Gasteiger partial charge in [-0.1, -0.05) is 106 Å². The summed E-state index contributed by atoms with van der Waals surface area (Å²) in [7, 11) is -1.48. The van der Waals surface area contributed by atoms with Crippen molar-refractivity contribution in [2.24, 2.45) is 0 Å². The van der Waals surface area contributed by atoms with E-state index >= 15 is 0 Å². The average molecular weight is 329 g/mol. The van der Waals surface area contributed by atoms with E-state index in [0.717, 1.165) is 5.28 Å². The average Bonchev–Trinajstić information content (AvgIpc) is 2.59.